The van der Waals surface area contributed by atoms with Gasteiger partial charge in [-0.25, -0.2) is 0 Å². The molecule has 0 atom stereocenters. The van der Waals surface area contributed by atoms with Gasteiger partial charge in [-0.15, -0.1) is 0 Å². The number of aromatic amines is 1. The lowest BCUT2D eigenvalue weighted by atomic mass is 10.3. The Labute approximate surface area is 89.5 Å². The van der Waals surface area contributed by atoms with Gasteiger partial charge >= 0.3 is 11.9 Å². The Morgan fingerprint density at radius 3 is 2.19 bits per heavy atom. The van der Waals surface area contributed by atoms with Crippen LogP contribution in [0.25, 0.3) is 0 Å². The van der Waals surface area contributed by atoms with E-state index in [-0.39, 0.29) is 5.69 Å². The first-order valence-corrected chi connectivity index (χ1v) is 4.23. The molecule has 1 rings (SSSR count). The molecule has 0 saturated heterocycles. The molecule has 1 aromatic rings. The van der Waals surface area contributed by atoms with Gasteiger partial charge in [0.05, 0.1) is 0 Å². The third kappa shape index (κ3) is 3.08. The first-order valence-electron chi connectivity index (χ1n) is 4.23. The third-order valence-corrected chi connectivity index (χ3v) is 1.67. The highest BCUT2D eigenvalue weighted by atomic mass is 16.4. The highest BCUT2D eigenvalue weighted by molar-refractivity contribution is 5.95. The van der Waals surface area contributed by atoms with Crippen molar-refractivity contribution in [2.75, 3.05) is 13.1 Å². The highest BCUT2D eigenvalue weighted by Gasteiger charge is 2.21. The van der Waals surface area contributed by atoms with Crippen molar-refractivity contribution in [2.24, 2.45) is 0 Å². The number of hydrogen-bond acceptors (Lipinski definition) is 4. The van der Waals surface area contributed by atoms with E-state index in [4.69, 9.17) is 10.2 Å². The largest absolute Gasteiger partial charge is 0.480 e. The Morgan fingerprint density at radius 1 is 1.25 bits per heavy atom. The second-order valence-corrected chi connectivity index (χ2v) is 2.92. The molecule has 0 aliphatic heterocycles. The summed E-state index contributed by atoms with van der Waals surface area (Å²) in [7, 11) is 0. The minimum atomic E-state index is -1.28. The Kier molecular flexibility index (Phi) is 3.59. The van der Waals surface area contributed by atoms with E-state index in [2.05, 4.69) is 10.2 Å². The lowest BCUT2D eigenvalue weighted by Gasteiger charge is -2.16. The molecular weight excluding hydrogens is 218 g/mol. The fourth-order valence-electron chi connectivity index (χ4n) is 1.07. The summed E-state index contributed by atoms with van der Waals surface area (Å²) in [5.74, 6) is -3.29. The number of rotatable bonds is 5. The molecule has 0 aliphatic rings. The SMILES string of the molecule is O=C(O)CN(CC(=O)O)C(=O)c1ccn[nH]1. The normalized spacial score (nSPS) is 9.75. The molecule has 1 heterocycles. The van der Waals surface area contributed by atoms with Crippen molar-refractivity contribution in [3.05, 3.63) is 18.0 Å². The van der Waals surface area contributed by atoms with Crippen molar-refractivity contribution in [2.45, 2.75) is 0 Å². The van der Waals surface area contributed by atoms with Gasteiger partial charge in [-0.3, -0.25) is 19.5 Å². The van der Waals surface area contributed by atoms with Crippen LogP contribution in [0.4, 0.5) is 0 Å². The van der Waals surface area contributed by atoms with E-state index in [1.54, 1.807) is 0 Å². The summed E-state index contributed by atoms with van der Waals surface area (Å²) in [4.78, 5) is 33.2. The van der Waals surface area contributed by atoms with Crippen molar-refractivity contribution in [3.8, 4) is 0 Å². The molecular formula is C8H9N3O5. The predicted molar refractivity (Wildman–Crippen MR) is 49.8 cm³/mol. The van der Waals surface area contributed by atoms with Gasteiger partial charge in [0.1, 0.15) is 18.8 Å². The lowest BCUT2D eigenvalue weighted by Crippen LogP contribution is -2.39. The summed E-state index contributed by atoms with van der Waals surface area (Å²) < 4.78 is 0. The number of hydrogen-bond donors (Lipinski definition) is 3. The molecule has 0 unspecified atom stereocenters. The van der Waals surface area contributed by atoms with Gasteiger partial charge in [-0.05, 0) is 6.07 Å². The molecule has 8 heteroatoms. The summed E-state index contributed by atoms with van der Waals surface area (Å²) in [5.41, 5.74) is 0.0440. The van der Waals surface area contributed by atoms with Crippen molar-refractivity contribution in [1.29, 1.82) is 0 Å². The average Bonchev–Trinajstić information content (AvgIpc) is 2.66. The van der Waals surface area contributed by atoms with Crippen LogP contribution in [0.5, 0.6) is 0 Å². The van der Waals surface area contributed by atoms with Crippen molar-refractivity contribution in [3.63, 3.8) is 0 Å². The van der Waals surface area contributed by atoms with Crippen LogP contribution in [0, 0.1) is 0 Å². The van der Waals surface area contributed by atoms with Crippen LogP contribution in [0.15, 0.2) is 12.3 Å². The average molecular weight is 227 g/mol. The third-order valence-electron chi connectivity index (χ3n) is 1.67. The number of aliphatic carboxylic acids is 2. The Hall–Kier alpha value is -2.38. The fraction of sp³-hybridized carbons (Fsp3) is 0.250. The van der Waals surface area contributed by atoms with Crippen molar-refractivity contribution in [1.82, 2.24) is 15.1 Å². The number of H-pyrrole nitrogens is 1. The van der Waals surface area contributed by atoms with Gasteiger partial charge in [-0.1, -0.05) is 0 Å². The van der Waals surface area contributed by atoms with E-state index in [1.165, 1.54) is 12.3 Å². The standard InChI is InChI=1S/C8H9N3O5/c12-6(13)3-11(4-7(14)15)8(16)5-1-2-9-10-5/h1-2H,3-4H2,(H,9,10)(H,12,13)(H,14,15). The van der Waals surface area contributed by atoms with E-state index >= 15 is 0 Å². The second-order valence-electron chi connectivity index (χ2n) is 2.92. The van der Waals surface area contributed by atoms with Crippen LogP contribution in [0.3, 0.4) is 0 Å². The zero-order chi connectivity index (χ0) is 12.1. The summed E-state index contributed by atoms with van der Waals surface area (Å²) in [6, 6.07) is 1.33. The molecule has 0 aromatic carbocycles. The first-order chi connectivity index (χ1) is 7.50. The molecule has 1 aromatic heterocycles. The van der Waals surface area contributed by atoms with Crippen LogP contribution >= 0.6 is 0 Å². The molecule has 8 nitrogen and oxygen atoms in total. The molecule has 16 heavy (non-hydrogen) atoms. The number of carbonyl (C=O) groups is 3. The Morgan fingerprint density at radius 2 is 1.81 bits per heavy atom. The summed E-state index contributed by atoms with van der Waals surface area (Å²) in [6.45, 7) is -1.35. The zero-order valence-electron chi connectivity index (χ0n) is 8.08. The maximum absolute atomic E-state index is 11.6. The molecule has 0 aliphatic carbocycles. The number of amides is 1. The van der Waals surface area contributed by atoms with Gasteiger partial charge in [0.15, 0.2) is 0 Å². The molecule has 86 valence electrons. The molecule has 0 radical (unpaired) electrons. The number of carbonyl (C=O) groups excluding carboxylic acids is 1. The molecule has 1 amide bonds. The van der Waals surface area contributed by atoms with E-state index < -0.39 is 30.9 Å². The van der Waals surface area contributed by atoms with E-state index in [0.717, 1.165) is 0 Å². The number of nitrogens with one attached hydrogen (secondary N) is 1. The van der Waals surface area contributed by atoms with Crippen molar-refractivity contribution >= 4 is 17.8 Å². The minimum Gasteiger partial charge on any atom is -0.480 e. The topological polar surface area (TPSA) is 124 Å². The monoisotopic (exact) mass is 227 g/mol. The van der Waals surface area contributed by atoms with E-state index in [9.17, 15) is 14.4 Å². The van der Waals surface area contributed by atoms with Crippen molar-refractivity contribution < 1.29 is 24.6 Å². The number of aromatic nitrogens is 2. The van der Waals surface area contributed by atoms with Gasteiger partial charge < -0.3 is 15.1 Å². The summed E-state index contributed by atoms with van der Waals surface area (Å²) in [6.07, 6.45) is 1.31. The van der Waals surface area contributed by atoms with Gasteiger partial charge in [0.25, 0.3) is 5.91 Å². The number of carboxylic acids is 2. The van der Waals surface area contributed by atoms with Crippen LogP contribution in [0.2, 0.25) is 0 Å². The maximum Gasteiger partial charge on any atom is 0.323 e. The fourth-order valence-corrected chi connectivity index (χ4v) is 1.07. The van der Waals surface area contributed by atoms with Gasteiger partial charge in [0.2, 0.25) is 0 Å². The smallest absolute Gasteiger partial charge is 0.323 e. The van der Waals surface area contributed by atoms with Crippen LogP contribution < -0.4 is 0 Å². The van der Waals surface area contributed by atoms with Crippen LogP contribution in [-0.4, -0.2) is 56.2 Å². The Balaban J connectivity index is 2.79. The summed E-state index contributed by atoms with van der Waals surface area (Å²) in [5, 5.41) is 22.9. The predicted octanol–water partition coefficient (Wildman–Crippen LogP) is -0.979. The number of nitrogens with zero attached hydrogens (tertiary/aromatic N) is 2. The van der Waals surface area contributed by atoms with Crippen LogP contribution in [0.1, 0.15) is 10.5 Å². The van der Waals surface area contributed by atoms with Crippen LogP contribution in [-0.2, 0) is 9.59 Å². The molecule has 0 saturated carbocycles. The molecule has 3 N–H and O–H groups in total. The van der Waals surface area contributed by atoms with Gasteiger partial charge in [0, 0.05) is 6.20 Å². The van der Waals surface area contributed by atoms with E-state index in [1.807, 2.05) is 0 Å². The molecule has 0 bridgehead atoms. The number of carboxylic acid groups (broad SMARTS) is 2. The minimum absolute atomic E-state index is 0.0440. The van der Waals surface area contributed by atoms with Gasteiger partial charge in [-0.2, -0.15) is 5.10 Å². The molecule has 0 spiro atoms. The highest BCUT2D eigenvalue weighted by Crippen LogP contribution is 2.00. The Bertz CT molecular complexity index is 384. The van der Waals surface area contributed by atoms with E-state index in [0.29, 0.717) is 4.90 Å². The lowest BCUT2D eigenvalue weighted by molar-refractivity contribution is -0.140. The zero-order valence-corrected chi connectivity index (χ0v) is 8.08. The second kappa shape index (κ2) is 4.91. The first kappa shape index (κ1) is 11.7. The quantitative estimate of drug-likeness (QED) is 0.594. The maximum atomic E-state index is 11.6. The molecule has 0 fully saturated rings. The summed E-state index contributed by atoms with van der Waals surface area (Å²) >= 11 is 0.